The summed E-state index contributed by atoms with van der Waals surface area (Å²) >= 11 is 0. The maximum absolute atomic E-state index is 10.8. The molecular formula is C13H22N4O2. The molecule has 1 heterocycles. The predicted molar refractivity (Wildman–Crippen MR) is 74.7 cm³/mol. The molecule has 0 unspecified atom stereocenters. The molecule has 0 aliphatic carbocycles. The van der Waals surface area contributed by atoms with Gasteiger partial charge in [-0.15, -0.1) is 0 Å². The molecule has 106 valence electrons. The molecule has 0 aromatic carbocycles. The van der Waals surface area contributed by atoms with Crippen molar-refractivity contribution >= 4 is 11.9 Å². The maximum atomic E-state index is 10.8. The highest BCUT2D eigenvalue weighted by Gasteiger charge is 2.06. The molecule has 1 aromatic rings. The zero-order valence-electron chi connectivity index (χ0n) is 11.3. The third kappa shape index (κ3) is 5.94. The third-order valence-electron chi connectivity index (χ3n) is 2.65. The van der Waals surface area contributed by atoms with Crippen molar-refractivity contribution in [2.24, 2.45) is 16.5 Å². The van der Waals surface area contributed by atoms with E-state index in [1.807, 2.05) is 0 Å². The van der Waals surface area contributed by atoms with Crippen molar-refractivity contribution in [3.8, 4) is 0 Å². The summed E-state index contributed by atoms with van der Waals surface area (Å²) in [6, 6.07) is 3.19. The smallest absolute Gasteiger partial charge is 0.284 e. The van der Waals surface area contributed by atoms with E-state index < -0.39 is 5.91 Å². The molecule has 1 aromatic heterocycles. The highest BCUT2D eigenvalue weighted by molar-refractivity contribution is 5.89. The number of nitrogens with two attached hydrogens (primary N) is 2. The molecule has 0 radical (unpaired) electrons. The molecule has 0 bridgehead atoms. The number of hydrogen-bond donors (Lipinski definition) is 3. The second-order valence-corrected chi connectivity index (χ2v) is 4.32. The molecule has 0 saturated heterocycles. The van der Waals surface area contributed by atoms with Gasteiger partial charge in [-0.05, 0) is 18.6 Å². The van der Waals surface area contributed by atoms with Gasteiger partial charge in [0.15, 0.2) is 11.7 Å². The average molecular weight is 266 g/mol. The van der Waals surface area contributed by atoms with Crippen LogP contribution in [0.3, 0.4) is 0 Å². The molecular weight excluding hydrogens is 244 g/mol. The lowest BCUT2D eigenvalue weighted by Gasteiger charge is -2.04. The molecule has 0 atom stereocenters. The van der Waals surface area contributed by atoms with Crippen LogP contribution in [0.15, 0.2) is 21.5 Å². The van der Waals surface area contributed by atoms with Gasteiger partial charge in [-0.2, -0.15) is 0 Å². The minimum Gasteiger partial charge on any atom is -0.454 e. The third-order valence-corrected chi connectivity index (χ3v) is 2.65. The normalized spacial score (nSPS) is 11.5. The fourth-order valence-electron chi connectivity index (χ4n) is 1.58. The number of hydrogen-bond acceptors (Lipinski definition) is 3. The lowest BCUT2D eigenvalue weighted by molar-refractivity contribution is 0.0972. The van der Waals surface area contributed by atoms with Gasteiger partial charge in [0, 0.05) is 6.54 Å². The monoisotopic (exact) mass is 266 g/mol. The minimum atomic E-state index is -0.586. The van der Waals surface area contributed by atoms with E-state index in [-0.39, 0.29) is 5.76 Å². The molecule has 0 fully saturated rings. The summed E-state index contributed by atoms with van der Waals surface area (Å²) in [5.41, 5.74) is 10.8. The Morgan fingerprint density at radius 2 is 2.11 bits per heavy atom. The summed E-state index contributed by atoms with van der Waals surface area (Å²) in [5.74, 6) is 0.492. The van der Waals surface area contributed by atoms with Crippen molar-refractivity contribution in [2.45, 2.75) is 39.2 Å². The summed E-state index contributed by atoms with van der Waals surface area (Å²) in [4.78, 5) is 15.0. The Morgan fingerprint density at radius 3 is 2.74 bits per heavy atom. The fourth-order valence-corrected chi connectivity index (χ4v) is 1.58. The summed E-state index contributed by atoms with van der Waals surface area (Å²) in [6.07, 6.45) is 4.72. The van der Waals surface area contributed by atoms with E-state index in [4.69, 9.17) is 15.9 Å². The SMILES string of the molecule is CCCCCCNC(N)=NCc1ccc(C(N)=O)o1. The van der Waals surface area contributed by atoms with Crippen molar-refractivity contribution < 1.29 is 9.21 Å². The van der Waals surface area contributed by atoms with Crippen LogP contribution < -0.4 is 16.8 Å². The maximum Gasteiger partial charge on any atom is 0.284 e. The first-order valence-electron chi connectivity index (χ1n) is 6.55. The van der Waals surface area contributed by atoms with Crippen molar-refractivity contribution in [3.63, 3.8) is 0 Å². The van der Waals surface area contributed by atoms with Crippen LogP contribution in [0.1, 0.15) is 48.9 Å². The zero-order valence-corrected chi connectivity index (χ0v) is 11.3. The zero-order chi connectivity index (χ0) is 14.1. The average Bonchev–Trinajstić information content (AvgIpc) is 2.85. The van der Waals surface area contributed by atoms with E-state index in [0.717, 1.165) is 13.0 Å². The number of carbonyl (C=O) groups is 1. The Bertz CT molecular complexity index is 426. The summed E-state index contributed by atoms with van der Waals surface area (Å²) in [6.45, 7) is 3.29. The molecule has 0 aliphatic rings. The number of nitrogens with one attached hydrogen (secondary N) is 1. The van der Waals surface area contributed by atoms with Gasteiger partial charge < -0.3 is 21.2 Å². The van der Waals surface area contributed by atoms with E-state index in [9.17, 15) is 4.79 Å². The van der Waals surface area contributed by atoms with Crippen LogP contribution in [0, 0.1) is 0 Å². The Labute approximate surface area is 113 Å². The number of primary amides is 1. The molecule has 0 spiro atoms. The number of amides is 1. The molecule has 1 amide bonds. The molecule has 1 rings (SSSR count). The first-order valence-corrected chi connectivity index (χ1v) is 6.55. The lowest BCUT2D eigenvalue weighted by Crippen LogP contribution is -2.32. The van der Waals surface area contributed by atoms with Gasteiger partial charge in [0.2, 0.25) is 0 Å². The van der Waals surface area contributed by atoms with Gasteiger partial charge in [-0.3, -0.25) is 4.79 Å². The Morgan fingerprint density at radius 1 is 1.32 bits per heavy atom. The summed E-state index contributed by atoms with van der Waals surface area (Å²) in [5, 5.41) is 3.04. The summed E-state index contributed by atoms with van der Waals surface area (Å²) < 4.78 is 5.19. The molecule has 0 aliphatic heterocycles. The van der Waals surface area contributed by atoms with Crippen LogP contribution in [0.5, 0.6) is 0 Å². The van der Waals surface area contributed by atoms with Crippen LogP contribution in [0.25, 0.3) is 0 Å². The van der Waals surface area contributed by atoms with Crippen LogP contribution in [0.4, 0.5) is 0 Å². The summed E-state index contributed by atoms with van der Waals surface area (Å²) in [7, 11) is 0. The van der Waals surface area contributed by atoms with E-state index in [1.165, 1.54) is 25.3 Å². The fraction of sp³-hybridized carbons (Fsp3) is 0.538. The highest BCUT2D eigenvalue weighted by atomic mass is 16.3. The van der Waals surface area contributed by atoms with Gasteiger partial charge in [-0.25, -0.2) is 4.99 Å². The van der Waals surface area contributed by atoms with Crippen molar-refractivity contribution in [1.82, 2.24) is 5.32 Å². The van der Waals surface area contributed by atoms with Crippen molar-refractivity contribution in [1.29, 1.82) is 0 Å². The number of aliphatic imine (C=N–C) groups is 1. The number of carbonyl (C=O) groups excluding carboxylic acids is 1. The number of furan rings is 1. The van der Waals surface area contributed by atoms with Crippen LogP contribution in [-0.2, 0) is 6.54 Å². The van der Waals surface area contributed by atoms with Crippen LogP contribution in [0.2, 0.25) is 0 Å². The highest BCUT2D eigenvalue weighted by Crippen LogP contribution is 2.08. The Balaban J connectivity index is 2.28. The van der Waals surface area contributed by atoms with Crippen LogP contribution >= 0.6 is 0 Å². The molecule has 19 heavy (non-hydrogen) atoms. The standard InChI is InChI=1S/C13H22N4O2/c1-2-3-4-5-8-16-13(15)17-9-10-6-7-11(19-10)12(14)18/h6-7H,2-5,8-9H2,1H3,(H2,14,18)(H3,15,16,17). The second-order valence-electron chi connectivity index (χ2n) is 4.32. The van der Waals surface area contributed by atoms with Gasteiger partial charge in [0.25, 0.3) is 5.91 Å². The van der Waals surface area contributed by atoms with Gasteiger partial charge in [-0.1, -0.05) is 26.2 Å². The number of unbranched alkanes of at least 4 members (excludes halogenated alkanes) is 3. The quantitative estimate of drug-likeness (QED) is 0.375. The minimum absolute atomic E-state index is 0.135. The molecule has 6 heteroatoms. The molecule has 6 nitrogen and oxygen atoms in total. The van der Waals surface area contributed by atoms with Crippen molar-refractivity contribution in [2.75, 3.05) is 6.54 Å². The largest absolute Gasteiger partial charge is 0.454 e. The molecule has 0 saturated carbocycles. The van der Waals surface area contributed by atoms with Gasteiger partial charge in [0.05, 0.1) is 0 Å². The van der Waals surface area contributed by atoms with Crippen LogP contribution in [-0.4, -0.2) is 18.4 Å². The van der Waals surface area contributed by atoms with Gasteiger partial charge in [0.1, 0.15) is 12.3 Å². The van der Waals surface area contributed by atoms with E-state index in [1.54, 1.807) is 6.07 Å². The number of guanidine groups is 1. The first-order chi connectivity index (χ1) is 9.13. The van der Waals surface area contributed by atoms with Crippen molar-refractivity contribution in [3.05, 3.63) is 23.7 Å². The van der Waals surface area contributed by atoms with E-state index in [2.05, 4.69) is 17.2 Å². The van der Waals surface area contributed by atoms with E-state index >= 15 is 0 Å². The topological polar surface area (TPSA) is 107 Å². The number of rotatable bonds is 8. The predicted octanol–water partition coefficient (Wildman–Crippen LogP) is 1.36. The number of nitrogens with zero attached hydrogens (tertiary/aromatic N) is 1. The Kier molecular flexibility index (Phi) is 6.49. The Hall–Kier alpha value is -1.98. The van der Waals surface area contributed by atoms with E-state index in [0.29, 0.717) is 18.3 Å². The lowest BCUT2D eigenvalue weighted by atomic mass is 10.2. The van der Waals surface area contributed by atoms with Gasteiger partial charge >= 0.3 is 0 Å². The molecule has 5 N–H and O–H groups in total. The first kappa shape index (κ1) is 15.1. The second kappa shape index (κ2) is 8.18.